The SMILES string of the molecule is COCc1nc(C)nc(N2CCN(C(=O)COc3ccccc3)CC2)c1Cc1ccc(OC)cc1. The van der Waals surface area contributed by atoms with E-state index < -0.39 is 0 Å². The van der Waals surface area contributed by atoms with Crippen molar-refractivity contribution in [3.05, 3.63) is 77.2 Å². The lowest BCUT2D eigenvalue weighted by Crippen LogP contribution is -2.50. The Kier molecular flexibility index (Phi) is 8.15. The van der Waals surface area contributed by atoms with E-state index in [0.717, 1.165) is 28.4 Å². The molecule has 0 aliphatic carbocycles. The Labute approximate surface area is 206 Å². The summed E-state index contributed by atoms with van der Waals surface area (Å²) in [6, 6.07) is 17.4. The molecule has 0 saturated carbocycles. The minimum atomic E-state index is -0.00843. The number of ether oxygens (including phenoxy) is 3. The number of amides is 1. The number of anilines is 1. The van der Waals surface area contributed by atoms with Crippen molar-refractivity contribution in [2.24, 2.45) is 0 Å². The minimum Gasteiger partial charge on any atom is -0.497 e. The molecule has 0 radical (unpaired) electrons. The van der Waals surface area contributed by atoms with Crippen LogP contribution >= 0.6 is 0 Å². The molecule has 1 saturated heterocycles. The molecule has 8 nitrogen and oxygen atoms in total. The number of benzene rings is 2. The van der Waals surface area contributed by atoms with Crippen molar-refractivity contribution < 1.29 is 19.0 Å². The second-order valence-electron chi connectivity index (χ2n) is 8.45. The zero-order valence-corrected chi connectivity index (χ0v) is 20.6. The zero-order valence-electron chi connectivity index (χ0n) is 20.6. The average Bonchev–Trinajstić information content (AvgIpc) is 2.90. The van der Waals surface area contributed by atoms with E-state index in [1.54, 1.807) is 14.2 Å². The van der Waals surface area contributed by atoms with Crippen LogP contribution < -0.4 is 14.4 Å². The van der Waals surface area contributed by atoms with Crippen LogP contribution in [0, 0.1) is 6.92 Å². The van der Waals surface area contributed by atoms with Crippen molar-refractivity contribution in [3.8, 4) is 11.5 Å². The molecule has 4 rings (SSSR count). The number of hydrogen-bond donors (Lipinski definition) is 0. The minimum absolute atomic E-state index is 0.00843. The predicted molar refractivity (Wildman–Crippen MR) is 134 cm³/mol. The van der Waals surface area contributed by atoms with E-state index in [1.807, 2.05) is 54.3 Å². The van der Waals surface area contributed by atoms with E-state index in [2.05, 4.69) is 22.0 Å². The van der Waals surface area contributed by atoms with E-state index in [1.165, 1.54) is 0 Å². The molecule has 3 aromatic rings. The number of carbonyl (C=O) groups is 1. The number of carbonyl (C=O) groups excluding carboxylic acids is 1. The van der Waals surface area contributed by atoms with Crippen LogP contribution in [0.4, 0.5) is 5.82 Å². The topological polar surface area (TPSA) is 77.0 Å². The molecule has 0 unspecified atom stereocenters. The van der Waals surface area contributed by atoms with Gasteiger partial charge in [0.05, 0.1) is 19.4 Å². The van der Waals surface area contributed by atoms with Gasteiger partial charge in [-0.2, -0.15) is 0 Å². The van der Waals surface area contributed by atoms with E-state index in [9.17, 15) is 4.79 Å². The van der Waals surface area contributed by atoms with Crippen LogP contribution in [0.2, 0.25) is 0 Å². The maximum atomic E-state index is 12.7. The lowest BCUT2D eigenvalue weighted by molar-refractivity contribution is -0.133. The summed E-state index contributed by atoms with van der Waals surface area (Å²) in [5.41, 5.74) is 3.08. The fourth-order valence-electron chi connectivity index (χ4n) is 4.20. The number of piperazine rings is 1. The third-order valence-corrected chi connectivity index (χ3v) is 6.04. The predicted octanol–water partition coefficient (Wildman–Crippen LogP) is 3.26. The number of hydrogen-bond acceptors (Lipinski definition) is 7. The summed E-state index contributed by atoms with van der Waals surface area (Å²) >= 11 is 0. The van der Waals surface area contributed by atoms with Gasteiger partial charge in [0.15, 0.2) is 6.61 Å². The summed E-state index contributed by atoms with van der Waals surface area (Å²) in [6.45, 7) is 4.96. The van der Waals surface area contributed by atoms with Crippen LogP contribution in [0.5, 0.6) is 11.5 Å². The highest BCUT2D eigenvalue weighted by Crippen LogP contribution is 2.27. The van der Waals surface area contributed by atoms with Crippen LogP contribution in [0.15, 0.2) is 54.6 Å². The van der Waals surface area contributed by atoms with Crippen molar-refractivity contribution in [2.45, 2.75) is 20.0 Å². The molecule has 0 atom stereocenters. The molecule has 0 bridgehead atoms. The Morgan fingerprint density at radius 3 is 2.29 bits per heavy atom. The summed E-state index contributed by atoms with van der Waals surface area (Å²) < 4.78 is 16.4. The van der Waals surface area contributed by atoms with Gasteiger partial charge in [0, 0.05) is 45.3 Å². The van der Waals surface area contributed by atoms with Crippen molar-refractivity contribution in [1.29, 1.82) is 0 Å². The summed E-state index contributed by atoms with van der Waals surface area (Å²) in [4.78, 5) is 26.3. The fourth-order valence-corrected chi connectivity index (χ4v) is 4.20. The molecular weight excluding hydrogens is 444 g/mol. The lowest BCUT2D eigenvalue weighted by Gasteiger charge is -2.36. The fraction of sp³-hybridized carbons (Fsp3) is 0.370. The molecular formula is C27H32N4O4. The molecule has 1 fully saturated rings. The van der Waals surface area contributed by atoms with Crippen LogP contribution in [0.3, 0.4) is 0 Å². The standard InChI is InChI=1S/C27H32N4O4/c1-20-28-25(18-33-2)24(17-21-9-11-22(34-3)12-10-21)27(29-20)31-15-13-30(14-16-31)26(32)19-35-23-7-5-4-6-8-23/h4-12H,13-19H2,1-3H3. The second kappa shape index (κ2) is 11.7. The number of rotatable bonds is 9. The molecule has 0 spiro atoms. The van der Waals surface area contributed by atoms with Crippen LogP contribution in [-0.2, 0) is 22.6 Å². The first kappa shape index (κ1) is 24.5. The third-order valence-electron chi connectivity index (χ3n) is 6.04. The highest BCUT2D eigenvalue weighted by atomic mass is 16.5. The normalized spacial score (nSPS) is 13.6. The first-order valence-corrected chi connectivity index (χ1v) is 11.8. The van der Waals surface area contributed by atoms with Crippen LogP contribution in [-0.4, -0.2) is 67.8 Å². The van der Waals surface area contributed by atoms with E-state index in [0.29, 0.717) is 50.8 Å². The molecule has 2 aromatic carbocycles. The Hall–Kier alpha value is -3.65. The van der Waals surface area contributed by atoms with Gasteiger partial charge in [-0.15, -0.1) is 0 Å². The number of methoxy groups -OCH3 is 2. The van der Waals surface area contributed by atoms with Gasteiger partial charge >= 0.3 is 0 Å². The van der Waals surface area contributed by atoms with Crippen molar-refractivity contribution in [1.82, 2.24) is 14.9 Å². The maximum absolute atomic E-state index is 12.7. The number of para-hydroxylation sites is 1. The second-order valence-corrected chi connectivity index (χ2v) is 8.45. The molecule has 0 N–H and O–H groups in total. The average molecular weight is 477 g/mol. The van der Waals surface area contributed by atoms with Gasteiger partial charge in [-0.25, -0.2) is 9.97 Å². The Morgan fingerprint density at radius 1 is 0.914 bits per heavy atom. The first-order chi connectivity index (χ1) is 17.1. The van der Waals surface area contributed by atoms with Gasteiger partial charge in [-0.05, 0) is 36.8 Å². The number of aromatic nitrogens is 2. The third kappa shape index (κ3) is 6.27. The van der Waals surface area contributed by atoms with E-state index in [4.69, 9.17) is 19.2 Å². The highest BCUT2D eigenvalue weighted by Gasteiger charge is 2.25. The van der Waals surface area contributed by atoms with Gasteiger partial charge < -0.3 is 24.0 Å². The quantitative estimate of drug-likeness (QED) is 0.469. The van der Waals surface area contributed by atoms with Crippen molar-refractivity contribution in [3.63, 3.8) is 0 Å². The van der Waals surface area contributed by atoms with E-state index >= 15 is 0 Å². The molecule has 1 amide bonds. The highest BCUT2D eigenvalue weighted by molar-refractivity contribution is 5.78. The Balaban J connectivity index is 1.47. The summed E-state index contributed by atoms with van der Waals surface area (Å²) in [7, 11) is 3.34. The molecule has 1 aliphatic heterocycles. The van der Waals surface area contributed by atoms with Crippen LogP contribution in [0.1, 0.15) is 22.6 Å². The largest absolute Gasteiger partial charge is 0.497 e. The van der Waals surface area contributed by atoms with Gasteiger partial charge in [-0.3, -0.25) is 4.79 Å². The molecule has 184 valence electrons. The summed E-state index contributed by atoms with van der Waals surface area (Å²) in [6.07, 6.45) is 0.683. The number of nitrogens with zero attached hydrogens (tertiary/aromatic N) is 4. The smallest absolute Gasteiger partial charge is 0.260 e. The van der Waals surface area contributed by atoms with Crippen molar-refractivity contribution >= 4 is 11.7 Å². The molecule has 1 aromatic heterocycles. The Bertz CT molecular complexity index is 1110. The maximum Gasteiger partial charge on any atom is 0.260 e. The lowest BCUT2D eigenvalue weighted by atomic mass is 10.0. The van der Waals surface area contributed by atoms with Crippen molar-refractivity contribution in [2.75, 3.05) is 51.9 Å². The van der Waals surface area contributed by atoms with Crippen LogP contribution in [0.25, 0.3) is 0 Å². The summed E-state index contributed by atoms with van der Waals surface area (Å²) in [5.74, 6) is 3.13. The van der Waals surface area contributed by atoms with E-state index in [-0.39, 0.29) is 12.5 Å². The molecule has 2 heterocycles. The molecule has 1 aliphatic rings. The summed E-state index contributed by atoms with van der Waals surface area (Å²) in [5, 5.41) is 0. The number of aryl methyl sites for hydroxylation is 1. The molecule has 8 heteroatoms. The first-order valence-electron chi connectivity index (χ1n) is 11.8. The monoisotopic (exact) mass is 476 g/mol. The molecule has 35 heavy (non-hydrogen) atoms. The zero-order chi connectivity index (χ0) is 24.6. The Morgan fingerprint density at radius 2 is 1.63 bits per heavy atom. The van der Waals surface area contributed by atoms with Gasteiger partial charge in [0.2, 0.25) is 0 Å². The van der Waals surface area contributed by atoms with Gasteiger partial charge in [0.25, 0.3) is 5.91 Å². The van der Waals surface area contributed by atoms with Gasteiger partial charge in [0.1, 0.15) is 23.1 Å². The van der Waals surface area contributed by atoms with Gasteiger partial charge in [-0.1, -0.05) is 30.3 Å².